The summed E-state index contributed by atoms with van der Waals surface area (Å²) in [6, 6.07) is 0.469. The zero-order valence-corrected chi connectivity index (χ0v) is 12.4. The standard InChI is InChI=1S/C14H26N4O/c1-11(2)14(19)15-6-5-7-18-9-13(17-10-18)8-16-12(3)4/h9-12,16H,5-8H2,1-4H3,(H,15,19). The lowest BCUT2D eigenvalue weighted by molar-refractivity contribution is -0.123. The Labute approximate surface area is 115 Å². The van der Waals surface area contributed by atoms with Crippen molar-refractivity contribution in [2.24, 2.45) is 5.92 Å². The molecule has 0 saturated heterocycles. The maximum atomic E-state index is 11.4. The molecule has 1 amide bonds. The molecule has 5 heteroatoms. The summed E-state index contributed by atoms with van der Waals surface area (Å²) in [7, 11) is 0. The van der Waals surface area contributed by atoms with E-state index >= 15 is 0 Å². The molecular formula is C14H26N4O. The number of rotatable bonds is 8. The Morgan fingerprint density at radius 3 is 2.74 bits per heavy atom. The average Bonchev–Trinajstić information content (AvgIpc) is 2.79. The highest BCUT2D eigenvalue weighted by Crippen LogP contribution is 1.98. The molecule has 1 heterocycles. The molecule has 1 aromatic heterocycles. The van der Waals surface area contributed by atoms with Crippen molar-refractivity contribution in [2.75, 3.05) is 6.54 Å². The van der Waals surface area contributed by atoms with E-state index in [0.717, 1.165) is 31.7 Å². The zero-order chi connectivity index (χ0) is 14.3. The molecule has 5 nitrogen and oxygen atoms in total. The van der Waals surface area contributed by atoms with Crippen molar-refractivity contribution in [3.8, 4) is 0 Å². The van der Waals surface area contributed by atoms with Crippen LogP contribution in [0.5, 0.6) is 0 Å². The minimum Gasteiger partial charge on any atom is -0.356 e. The topological polar surface area (TPSA) is 59.0 Å². The van der Waals surface area contributed by atoms with Gasteiger partial charge in [-0.1, -0.05) is 27.7 Å². The summed E-state index contributed by atoms with van der Waals surface area (Å²) in [5.41, 5.74) is 1.06. The van der Waals surface area contributed by atoms with Crippen molar-refractivity contribution in [1.82, 2.24) is 20.2 Å². The van der Waals surface area contributed by atoms with E-state index in [1.165, 1.54) is 0 Å². The van der Waals surface area contributed by atoms with Gasteiger partial charge in [-0.3, -0.25) is 4.79 Å². The van der Waals surface area contributed by atoms with Gasteiger partial charge >= 0.3 is 0 Å². The third-order valence-electron chi connectivity index (χ3n) is 2.79. The summed E-state index contributed by atoms with van der Waals surface area (Å²) < 4.78 is 2.07. The Hall–Kier alpha value is -1.36. The normalized spacial score (nSPS) is 11.3. The minimum absolute atomic E-state index is 0.0574. The highest BCUT2D eigenvalue weighted by atomic mass is 16.1. The second-order valence-electron chi connectivity index (χ2n) is 5.44. The van der Waals surface area contributed by atoms with E-state index in [-0.39, 0.29) is 11.8 Å². The van der Waals surface area contributed by atoms with Gasteiger partial charge in [-0.25, -0.2) is 4.98 Å². The third kappa shape index (κ3) is 6.38. The summed E-state index contributed by atoms with van der Waals surface area (Å²) >= 11 is 0. The van der Waals surface area contributed by atoms with Crippen molar-refractivity contribution in [3.63, 3.8) is 0 Å². The Kier molecular flexibility index (Phi) is 6.56. The Morgan fingerprint density at radius 2 is 2.11 bits per heavy atom. The molecule has 0 atom stereocenters. The molecule has 1 rings (SSSR count). The fourth-order valence-corrected chi connectivity index (χ4v) is 1.61. The number of hydrogen-bond donors (Lipinski definition) is 2. The molecule has 108 valence electrons. The first-order chi connectivity index (χ1) is 8.99. The summed E-state index contributed by atoms with van der Waals surface area (Å²) in [5.74, 6) is 0.175. The van der Waals surface area contributed by atoms with Crippen LogP contribution < -0.4 is 10.6 Å². The van der Waals surface area contributed by atoms with Crippen LogP contribution in [0.4, 0.5) is 0 Å². The van der Waals surface area contributed by atoms with E-state index < -0.39 is 0 Å². The van der Waals surface area contributed by atoms with Gasteiger partial charge in [0.1, 0.15) is 0 Å². The summed E-state index contributed by atoms with van der Waals surface area (Å²) in [4.78, 5) is 15.7. The number of carbonyl (C=O) groups excluding carboxylic acids is 1. The molecule has 0 aliphatic heterocycles. The van der Waals surface area contributed by atoms with E-state index in [1.54, 1.807) is 0 Å². The number of amides is 1. The maximum absolute atomic E-state index is 11.4. The Morgan fingerprint density at radius 1 is 1.37 bits per heavy atom. The first kappa shape index (κ1) is 15.7. The molecule has 0 saturated carbocycles. The second kappa shape index (κ2) is 7.94. The Bertz CT molecular complexity index is 385. The molecular weight excluding hydrogens is 240 g/mol. The van der Waals surface area contributed by atoms with Gasteiger partial charge in [0.05, 0.1) is 12.0 Å². The van der Waals surface area contributed by atoms with Gasteiger partial charge in [0.2, 0.25) is 5.91 Å². The van der Waals surface area contributed by atoms with Crippen LogP contribution >= 0.6 is 0 Å². The number of nitrogens with zero attached hydrogens (tertiary/aromatic N) is 2. The van der Waals surface area contributed by atoms with Gasteiger partial charge in [-0.15, -0.1) is 0 Å². The minimum atomic E-state index is 0.0574. The van der Waals surface area contributed by atoms with Crippen molar-refractivity contribution in [1.29, 1.82) is 0 Å². The molecule has 0 aliphatic carbocycles. The molecule has 0 aromatic carbocycles. The van der Waals surface area contributed by atoms with Crippen LogP contribution in [0.1, 0.15) is 39.8 Å². The average molecular weight is 266 g/mol. The fourth-order valence-electron chi connectivity index (χ4n) is 1.61. The number of aromatic nitrogens is 2. The molecule has 0 radical (unpaired) electrons. The van der Waals surface area contributed by atoms with Crippen LogP contribution in [0.3, 0.4) is 0 Å². The number of aryl methyl sites for hydroxylation is 1. The molecule has 0 bridgehead atoms. The van der Waals surface area contributed by atoms with Crippen LogP contribution in [-0.4, -0.2) is 28.0 Å². The number of hydrogen-bond acceptors (Lipinski definition) is 3. The van der Waals surface area contributed by atoms with E-state index in [9.17, 15) is 4.79 Å². The molecule has 0 unspecified atom stereocenters. The van der Waals surface area contributed by atoms with Gasteiger partial charge < -0.3 is 15.2 Å². The molecule has 0 aliphatic rings. The van der Waals surface area contributed by atoms with Crippen molar-refractivity contribution in [2.45, 2.75) is 53.2 Å². The monoisotopic (exact) mass is 266 g/mol. The van der Waals surface area contributed by atoms with Gasteiger partial charge in [0.25, 0.3) is 0 Å². The first-order valence-corrected chi connectivity index (χ1v) is 7.00. The van der Waals surface area contributed by atoms with E-state index in [4.69, 9.17) is 0 Å². The zero-order valence-electron chi connectivity index (χ0n) is 12.4. The smallest absolute Gasteiger partial charge is 0.222 e. The van der Waals surface area contributed by atoms with Crippen LogP contribution in [0.15, 0.2) is 12.5 Å². The SMILES string of the molecule is CC(C)NCc1cn(CCCNC(=O)C(C)C)cn1. The Balaban J connectivity index is 2.21. The second-order valence-corrected chi connectivity index (χ2v) is 5.44. The van der Waals surface area contributed by atoms with Crippen LogP contribution in [0.25, 0.3) is 0 Å². The number of nitrogens with one attached hydrogen (secondary N) is 2. The van der Waals surface area contributed by atoms with Gasteiger partial charge in [0, 0.05) is 37.8 Å². The molecule has 2 N–H and O–H groups in total. The van der Waals surface area contributed by atoms with Gasteiger partial charge in [-0.05, 0) is 6.42 Å². The summed E-state index contributed by atoms with van der Waals surface area (Å²) in [6.45, 7) is 10.4. The highest BCUT2D eigenvalue weighted by Gasteiger charge is 2.05. The highest BCUT2D eigenvalue weighted by molar-refractivity contribution is 5.77. The van der Waals surface area contributed by atoms with E-state index in [1.807, 2.05) is 20.2 Å². The van der Waals surface area contributed by atoms with Crippen LogP contribution in [0.2, 0.25) is 0 Å². The number of carbonyl (C=O) groups is 1. The van der Waals surface area contributed by atoms with E-state index in [0.29, 0.717) is 6.04 Å². The number of imidazole rings is 1. The van der Waals surface area contributed by atoms with Crippen molar-refractivity contribution < 1.29 is 4.79 Å². The first-order valence-electron chi connectivity index (χ1n) is 7.00. The predicted octanol–water partition coefficient (Wildman–Crippen LogP) is 1.54. The lowest BCUT2D eigenvalue weighted by Gasteiger charge is -2.07. The van der Waals surface area contributed by atoms with Crippen LogP contribution in [-0.2, 0) is 17.9 Å². The molecule has 0 fully saturated rings. The van der Waals surface area contributed by atoms with Crippen molar-refractivity contribution in [3.05, 3.63) is 18.2 Å². The lowest BCUT2D eigenvalue weighted by Crippen LogP contribution is -2.29. The van der Waals surface area contributed by atoms with Gasteiger partial charge in [-0.2, -0.15) is 0 Å². The van der Waals surface area contributed by atoms with E-state index in [2.05, 4.69) is 40.2 Å². The summed E-state index contributed by atoms with van der Waals surface area (Å²) in [5, 5.41) is 6.25. The maximum Gasteiger partial charge on any atom is 0.222 e. The molecule has 0 spiro atoms. The van der Waals surface area contributed by atoms with Gasteiger partial charge in [0.15, 0.2) is 0 Å². The quantitative estimate of drug-likeness (QED) is 0.702. The summed E-state index contributed by atoms with van der Waals surface area (Å²) in [6.07, 6.45) is 4.83. The molecule has 1 aromatic rings. The third-order valence-corrected chi connectivity index (χ3v) is 2.79. The molecule has 19 heavy (non-hydrogen) atoms. The predicted molar refractivity (Wildman–Crippen MR) is 76.7 cm³/mol. The largest absolute Gasteiger partial charge is 0.356 e. The van der Waals surface area contributed by atoms with Crippen LogP contribution in [0, 0.1) is 5.92 Å². The van der Waals surface area contributed by atoms with Crippen molar-refractivity contribution >= 4 is 5.91 Å². The fraction of sp³-hybridized carbons (Fsp3) is 0.714. The lowest BCUT2D eigenvalue weighted by atomic mass is 10.2.